The molecule has 0 unspecified atom stereocenters. The zero-order valence-corrected chi connectivity index (χ0v) is 14.5. The minimum absolute atomic E-state index is 0.0591. The minimum atomic E-state index is -0.0591. The van der Waals surface area contributed by atoms with Gasteiger partial charge in [-0.05, 0) is 31.0 Å². The van der Waals surface area contributed by atoms with Crippen molar-refractivity contribution in [2.45, 2.75) is 33.1 Å². The molecule has 0 aliphatic heterocycles. The molecule has 0 atom stereocenters. The highest BCUT2D eigenvalue weighted by molar-refractivity contribution is 5.91. The summed E-state index contributed by atoms with van der Waals surface area (Å²) in [5, 5.41) is 6.95. The van der Waals surface area contributed by atoms with E-state index in [1.807, 2.05) is 55.5 Å². The maximum absolute atomic E-state index is 12.2. The van der Waals surface area contributed by atoms with Crippen molar-refractivity contribution in [3.05, 3.63) is 65.5 Å². The Labute approximate surface area is 147 Å². The molecule has 1 heterocycles. The number of rotatable bonds is 6. The molecule has 0 spiro atoms. The molecule has 5 nitrogen and oxygen atoms in total. The molecular formula is C20H21N3O2. The van der Waals surface area contributed by atoms with Gasteiger partial charge in [0.1, 0.15) is 0 Å². The standard InChI is InChI=1S/C20H21N3O2/c1-3-15-8-4-5-10-17(15)21-18(24)11-12-19-22-20(23-25-19)16-9-6-7-14(2)13-16/h4-10,13H,3,11-12H2,1-2H3,(H,21,24). The largest absolute Gasteiger partial charge is 0.339 e. The lowest BCUT2D eigenvalue weighted by Gasteiger charge is -2.08. The molecule has 0 bridgehead atoms. The summed E-state index contributed by atoms with van der Waals surface area (Å²) >= 11 is 0. The predicted octanol–water partition coefficient (Wildman–Crippen LogP) is 4.18. The zero-order chi connectivity index (χ0) is 17.6. The number of aromatic nitrogens is 2. The normalized spacial score (nSPS) is 10.6. The third kappa shape index (κ3) is 4.32. The lowest BCUT2D eigenvalue weighted by Crippen LogP contribution is -2.13. The second-order valence-electron chi connectivity index (χ2n) is 5.94. The second kappa shape index (κ2) is 7.75. The van der Waals surface area contributed by atoms with Crippen molar-refractivity contribution in [3.63, 3.8) is 0 Å². The highest BCUT2D eigenvalue weighted by atomic mass is 16.5. The molecule has 0 radical (unpaired) electrons. The van der Waals surface area contributed by atoms with Crippen LogP contribution in [0.5, 0.6) is 0 Å². The molecule has 1 amide bonds. The van der Waals surface area contributed by atoms with Crippen LogP contribution in [0.4, 0.5) is 5.69 Å². The number of benzene rings is 2. The van der Waals surface area contributed by atoms with E-state index < -0.39 is 0 Å². The van der Waals surface area contributed by atoms with Crippen LogP contribution in [0, 0.1) is 6.92 Å². The molecule has 0 aliphatic rings. The smallest absolute Gasteiger partial charge is 0.227 e. The van der Waals surface area contributed by atoms with Crippen LogP contribution in [-0.4, -0.2) is 16.0 Å². The first-order valence-corrected chi connectivity index (χ1v) is 8.43. The van der Waals surface area contributed by atoms with Crippen molar-refractivity contribution in [1.82, 2.24) is 10.1 Å². The summed E-state index contributed by atoms with van der Waals surface area (Å²) in [4.78, 5) is 16.6. The lowest BCUT2D eigenvalue weighted by molar-refractivity contribution is -0.116. The molecule has 0 saturated heterocycles. The summed E-state index contributed by atoms with van der Waals surface area (Å²) in [7, 11) is 0. The van der Waals surface area contributed by atoms with E-state index in [1.165, 1.54) is 0 Å². The number of carbonyl (C=O) groups is 1. The fourth-order valence-corrected chi connectivity index (χ4v) is 2.64. The van der Waals surface area contributed by atoms with Crippen LogP contribution in [0.15, 0.2) is 53.1 Å². The average Bonchev–Trinajstić information content (AvgIpc) is 3.09. The zero-order valence-electron chi connectivity index (χ0n) is 14.5. The summed E-state index contributed by atoms with van der Waals surface area (Å²) in [5.41, 5.74) is 4.03. The molecule has 5 heteroatoms. The predicted molar refractivity (Wildman–Crippen MR) is 97.2 cm³/mol. The molecule has 2 aromatic carbocycles. The van der Waals surface area contributed by atoms with Crippen molar-refractivity contribution in [1.29, 1.82) is 0 Å². The Kier molecular flexibility index (Phi) is 5.23. The van der Waals surface area contributed by atoms with E-state index in [1.54, 1.807) is 0 Å². The van der Waals surface area contributed by atoms with Gasteiger partial charge in [-0.2, -0.15) is 4.98 Å². The lowest BCUT2D eigenvalue weighted by atomic mass is 10.1. The van der Waals surface area contributed by atoms with E-state index in [4.69, 9.17) is 4.52 Å². The quantitative estimate of drug-likeness (QED) is 0.734. The van der Waals surface area contributed by atoms with Gasteiger partial charge in [-0.1, -0.05) is 54.0 Å². The van der Waals surface area contributed by atoms with Crippen LogP contribution in [0.3, 0.4) is 0 Å². The number of amides is 1. The number of nitrogens with zero attached hydrogens (tertiary/aromatic N) is 2. The maximum atomic E-state index is 12.2. The number of hydrogen-bond acceptors (Lipinski definition) is 4. The number of aryl methyl sites for hydroxylation is 3. The molecule has 0 fully saturated rings. The third-order valence-electron chi connectivity index (χ3n) is 3.98. The van der Waals surface area contributed by atoms with E-state index in [0.29, 0.717) is 24.6 Å². The maximum Gasteiger partial charge on any atom is 0.227 e. The van der Waals surface area contributed by atoms with E-state index in [-0.39, 0.29) is 5.91 Å². The number of anilines is 1. The van der Waals surface area contributed by atoms with Gasteiger partial charge in [0.15, 0.2) is 0 Å². The number of carbonyl (C=O) groups excluding carboxylic acids is 1. The molecule has 3 aromatic rings. The fraction of sp³-hybridized carbons (Fsp3) is 0.250. The number of para-hydroxylation sites is 1. The van der Waals surface area contributed by atoms with Crippen LogP contribution in [0.25, 0.3) is 11.4 Å². The summed E-state index contributed by atoms with van der Waals surface area (Å²) < 4.78 is 5.26. The van der Waals surface area contributed by atoms with Gasteiger partial charge >= 0.3 is 0 Å². The first-order chi connectivity index (χ1) is 12.2. The highest BCUT2D eigenvalue weighted by Gasteiger charge is 2.11. The monoisotopic (exact) mass is 335 g/mol. The summed E-state index contributed by atoms with van der Waals surface area (Å²) in [6.45, 7) is 4.08. The molecule has 25 heavy (non-hydrogen) atoms. The molecule has 3 rings (SSSR count). The van der Waals surface area contributed by atoms with Crippen LogP contribution in [0.1, 0.15) is 30.4 Å². The molecule has 0 aliphatic carbocycles. The van der Waals surface area contributed by atoms with Gasteiger partial charge in [-0.25, -0.2) is 0 Å². The van der Waals surface area contributed by atoms with Crippen molar-refractivity contribution >= 4 is 11.6 Å². The van der Waals surface area contributed by atoms with Crippen LogP contribution < -0.4 is 5.32 Å². The molecule has 1 aromatic heterocycles. The van der Waals surface area contributed by atoms with Gasteiger partial charge in [0.2, 0.25) is 17.6 Å². The van der Waals surface area contributed by atoms with Gasteiger partial charge in [0, 0.05) is 24.1 Å². The first-order valence-electron chi connectivity index (χ1n) is 8.43. The Hall–Kier alpha value is -2.95. The van der Waals surface area contributed by atoms with Gasteiger partial charge in [0.25, 0.3) is 0 Å². The number of hydrogen-bond donors (Lipinski definition) is 1. The number of nitrogens with one attached hydrogen (secondary N) is 1. The average molecular weight is 335 g/mol. The Morgan fingerprint density at radius 3 is 2.80 bits per heavy atom. The van der Waals surface area contributed by atoms with Crippen molar-refractivity contribution in [2.75, 3.05) is 5.32 Å². The van der Waals surface area contributed by atoms with Crippen LogP contribution in [0.2, 0.25) is 0 Å². The van der Waals surface area contributed by atoms with E-state index in [9.17, 15) is 4.79 Å². The van der Waals surface area contributed by atoms with Crippen molar-refractivity contribution in [3.8, 4) is 11.4 Å². The molecular weight excluding hydrogens is 314 g/mol. The topological polar surface area (TPSA) is 68.0 Å². The Bertz CT molecular complexity index is 871. The van der Waals surface area contributed by atoms with Crippen molar-refractivity contribution in [2.24, 2.45) is 0 Å². The highest BCUT2D eigenvalue weighted by Crippen LogP contribution is 2.18. The van der Waals surface area contributed by atoms with E-state index in [0.717, 1.165) is 28.8 Å². The Morgan fingerprint density at radius 1 is 1.16 bits per heavy atom. The van der Waals surface area contributed by atoms with Gasteiger partial charge in [-0.3, -0.25) is 4.79 Å². The third-order valence-corrected chi connectivity index (χ3v) is 3.98. The Morgan fingerprint density at radius 2 is 2.00 bits per heavy atom. The summed E-state index contributed by atoms with van der Waals surface area (Å²) in [6, 6.07) is 15.7. The molecule has 0 saturated carbocycles. The SMILES string of the molecule is CCc1ccccc1NC(=O)CCc1nc(-c2cccc(C)c2)no1. The van der Waals surface area contributed by atoms with E-state index in [2.05, 4.69) is 22.4 Å². The van der Waals surface area contributed by atoms with Crippen LogP contribution in [-0.2, 0) is 17.6 Å². The molecule has 128 valence electrons. The van der Waals surface area contributed by atoms with Gasteiger partial charge in [0.05, 0.1) is 0 Å². The Balaban J connectivity index is 1.59. The second-order valence-corrected chi connectivity index (χ2v) is 5.94. The van der Waals surface area contributed by atoms with Crippen LogP contribution >= 0.6 is 0 Å². The van der Waals surface area contributed by atoms with Gasteiger partial charge in [-0.15, -0.1) is 0 Å². The first kappa shape index (κ1) is 16.9. The fourth-order valence-electron chi connectivity index (χ4n) is 2.64. The van der Waals surface area contributed by atoms with Gasteiger partial charge < -0.3 is 9.84 Å². The summed E-state index contributed by atoms with van der Waals surface area (Å²) in [5.74, 6) is 0.960. The summed E-state index contributed by atoms with van der Waals surface area (Å²) in [6.07, 6.45) is 1.59. The van der Waals surface area contributed by atoms with Crippen molar-refractivity contribution < 1.29 is 9.32 Å². The minimum Gasteiger partial charge on any atom is -0.339 e. The van der Waals surface area contributed by atoms with E-state index >= 15 is 0 Å². The molecule has 1 N–H and O–H groups in total.